The second-order valence-electron chi connectivity index (χ2n) is 4.78. The fraction of sp³-hybridized carbons (Fsp3) is 0.538. The summed E-state index contributed by atoms with van der Waals surface area (Å²) in [6.07, 6.45) is 0. The van der Waals surface area contributed by atoms with Crippen LogP contribution in [0.3, 0.4) is 0 Å². The van der Waals surface area contributed by atoms with Crippen LogP contribution in [0.5, 0.6) is 5.75 Å². The van der Waals surface area contributed by atoms with Crippen molar-refractivity contribution in [1.29, 1.82) is 0 Å². The molecule has 2 atom stereocenters. The molecule has 1 heterocycles. The Hall–Kier alpha value is -1.38. The summed E-state index contributed by atoms with van der Waals surface area (Å²) in [6, 6.07) is 5.92. The van der Waals surface area contributed by atoms with E-state index < -0.39 is 0 Å². The van der Waals surface area contributed by atoms with Crippen LogP contribution in [0.2, 0.25) is 0 Å². The van der Waals surface area contributed by atoms with Crippen molar-refractivity contribution < 1.29 is 4.74 Å². The van der Waals surface area contributed by atoms with Crippen LogP contribution < -0.4 is 15.4 Å². The molecule has 0 aliphatic carbocycles. The molecule has 0 spiro atoms. The molecule has 2 unspecified atom stereocenters. The van der Waals surface area contributed by atoms with Gasteiger partial charge < -0.3 is 15.4 Å². The van der Waals surface area contributed by atoms with Gasteiger partial charge in [0.05, 0.1) is 18.5 Å². The van der Waals surface area contributed by atoms with E-state index in [4.69, 9.17) is 10.5 Å². The van der Waals surface area contributed by atoms with Crippen molar-refractivity contribution in [3.63, 3.8) is 0 Å². The Morgan fingerprint density at radius 3 is 2.38 bits per heavy atom. The maximum absolute atomic E-state index is 6.05. The van der Waals surface area contributed by atoms with Gasteiger partial charge in [0, 0.05) is 19.2 Å². The molecule has 3 heteroatoms. The van der Waals surface area contributed by atoms with Gasteiger partial charge >= 0.3 is 0 Å². The molecule has 1 aliphatic rings. The van der Waals surface area contributed by atoms with E-state index >= 15 is 0 Å². The van der Waals surface area contributed by atoms with E-state index in [1.165, 1.54) is 0 Å². The van der Waals surface area contributed by atoms with Crippen molar-refractivity contribution >= 4 is 11.4 Å². The lowest BCUT2D eigenvalue weighted by Gasteiger charge is -2.20. The smallest absolute Gasteiger partial charge is 0.121 e. The van der Waals surface area contributed by atoms with Gasteiger partial charge in [-0.05, 0) is 24.0 Å². The molecule has 0 amide bonds. The highest BCUT2D eigenvalue weighted by molar-refractivity contribution is 5.70. The van der Waals surface area contributed by atoms with Gasteiger partial charge in [-0.25, -0.2) is 0 Å². The van der Waals surface area contributed by atoms with Crippen LogP contribution in [0.15, 0.2) is 18.2 Å². The number of nitrogens with two attached hydrogens (primary N) is 1. The zero-order valence-electron chi connectivity index (χ0n) is 10.2. The summed E-state index contributed by atoms with van der Waals surface area (Å²) >= 11 is 0. The molecule has 2 N–H and O–H groups in total. The molecule has 0 aromatic heterocycles. The Morgan fingerprint density at radius 1 is 1.25 bits per heavy atom. The fourth-order valence-electron chi connectivity index (χ4n) is 2.27. The first kappa shape index (κ1) is 11.1. The van der Waals surface area contributed by atoms with Gasteiger partial charge in [-0.15, -0.1) is 0 Å². The summed E-state index contributed by atoms with van der Waals surface area (Å²) in [7, 11) is 1.66. The Morgan fingerprint density at radius 2 is 1.88 bits per heavy atom. The first-order valence-electron chi connectivity index (χ1n) is 5.80. The number of ether oxygens (including phenoxy) is 1. The third-order valence-corrected chi connectivity index (χ3v) is 3.56. The first-order chi connectivity index (χ1) is 7.61. The van der Waals surface area contributed by atoms with E-state index in [2.05, 4.69) is 24.8 Å². The lowest BCUT2D eigenvalue weighted by Crippen LogP contribution is -2.20. The zero-order chi connectivity index (χ0) is 11.7. The molecule has 0 radical (unpaired) electrons. The van der Waals surface area contributed by atoms with E-state index in [0.29, 0.717) is 0 Å². The monoisotopic (exact) mass is 220 g/mol. The number of methoxy groups -OCH3 is 1. The lowest BCUT2D eigenvalue weighted by atomic mass is 10.0. The average Bonchev–Trinajstić information content (AvgIpc) is 2.58. The van der Waals surface area contributed by atoms with Gasteiger partial charge in [-0.1, -0.05) is 13.8 Å². The number of anilines is 2. The highest BCUT2D eigenvalue weighted by Crippen LogP contribution is 2.33. The molecule has 88 valence electrons. The molecule has 0 saturated carbocycles. The van der Waals surface area contributed by atoms with Gasteiger partial charge in [0.25, 0.3) is 0 Å². The van der Waals surface area contributed by atoms with E-state index in [9.17, 15) is 0 Å². The van der Waals surface area contributed by atoms with Crippen molar-refractivity contribution in [1.82, 2.24) is 0 Å². The Kier molecular flexibility index (Phi) is 2.95. The minimum absolute atomic E-state index is 0.738. The first-order valence-corrected chi connectivity index (χ1v) is 5.80. The second kappa shape index (κ2) is 4.24. The van der Waals surface area contributed by atoms with Gasteiger partial charge in [0.2, 0.25) is 0 Å². The summed E-state index contributed by atoms with van der Waals surface area (Å²) in [4.78, 5) is 2.37. The predicted octanol–water partition coefficient (Wildman–Crippen LogP) is 2.37. The number of hydrogen-bond donors (Lipinski definition) is 1. The van der Waals surface area contributed by atoms with E-state index in [1.54, 1.807) is 7.11 Å². The minimum Gasteiger partial charge on any atom is -0.497 e. The van der Waals surface area contributed by atoms with Gasteiger partial charge in [0.15, 0.2) is 0 Å². The average molecular weight is 220 g/mol. The highest BCUT2D eigenvalue weighted by atomic mass is 16.5. The Bertz CT molecular complexity index is 368. The summed E-state index contributed by atoms with van der Waals surface area (Å²) in [5.74, 6) is 2.30. The number of hydrogen-bond acceptors (Lipinski definition) is 3. The molecular weight excluding hydrogens is 200 g/mol. The largest absolute Gasteiger partial charge is 0.497 e. The minimum atomic E-state index is 0.738. The Balaban J connectivity index is 2.22. The van der Waals surface area contributed by atoms with E-state index in [-0.39, 0.29) is 0 Å². The fourth-order valence-corrected chi connectivity index (χ4v) is 2.27. The number of nitrogen functional groups attached to an aromatic ring is 1. The van der Waals surface area contributed by atoms with Crippen molar-refractivity contribution in [2.45, 2.75) is 13.8 Å². The van der Waals surface area contributed by atoms with Crippen LogP contribution in [0, 0.1) is 11.8 Å². The van der Waals surface area contributed by atoms with Crippen LogP contribution >= 0.6 is 0 Å². The van der Waals surface area contributed by atoms with Gasteiger partial charge in [0.1, 0.15) is 5.75 Å². The second-order valence-corrected chi connectivity index (χ2v) is 4.78. The lowest BCUT2D eigenvalue weighted by molar-refractivity contribution is 0.415. The third kappa shape index (κ3) is 1.94. The number of nitrogens with zero attached hydrogens (tertiary/aromatic N) is 1. The third-order valence-electron chi connectivity index (χ3n) is 3.56. The maximum Gasteiger partial charge on any atom is 0.121 e. The van der Waals surface area contributed by atoms with Crippen molar-refractivity contribution in [2.75, 3.05) is 30.8 Å². The van der Waals surface area contributed by atoms with E-state index in [0.717, 1.165) is 42.0 Å². The van der Waals surface area contributed by atoms with Crippen LogP contribution in [-0.2, 0) is 0 Å². The molecule has 1 aromatic rings. The van der Waals surface area contributed by atoms with Crippen LogP contribution in [0.25, 0.3) is 0 Å². The van der Waals surface area contributed by atoms with Gasteiger partial charge in [-0.2, -0.15) is 0 Å². The van der Waals surface area contributed by atoms with Crippen LogP contribution in [-0.4, -0.2) is 20.2 Å². The van der Waals surface area contributed by atoms with Gasteiger partial charge in [-0.3, -0.25) is 0 Å². The molecule has 1 aliphatic heterocycles. The highest BCUT2D eigenvalue weighted by Gasteiger charge is 2.27. The normalized spacial score (nSPS) is 24.8. The molecular formula is C13H20N2O. The van der Waals surface area contributed by atoms with E-state index in [1.807, 2.05) is 12.1 Å². The number of rotatable bonds is 2. The van der Waals surface area contributed by atoms with Crippen LogP contribution in [0.1, 0.15) is 13.8 Å². The quantitative estimate of drug-likeness (QED) is 0.778. The predicted molar refractivity (Wildman–Crippen MR) is 67.9 cm³/mol. The maximum atomic E-state index is 6.05. The van der Waals surface area contributed by atoms with Crippen LogP contribution in [0.4, 0.5) is 11.4 Å². The van der Waals surface area contributed by atoms with Crippen molar-refractivity contribution in [3.05, 3.63) is 18.2 Å². The summed E-state index contributed by atoms with van der Waals surface area (Å²) in [5, 5.41) is 0. The summed E-state index contributed by atoms with van der Waals surface area (Å²) in [5.41, 5.74) is 7.99. The molecule has 0 bridgehead atoms. The summed E-state index contributed by atoms with van der Waals surface area (Å²) < 4.78 is 5.16. The molecule has 16 heavy (non-hydrogen) atoms. The SMILES string of the molecule is COc1ccc(N2CC(C)C(C)C2)c(N)c1. The Labute approximate surface area is 97.2 Å². The molecule has 1 saturated heterocycles. The summed E-state index contributed by atoms with van der Waals surface area (Å²) in [6.45, 7) is 6.78. The van der Waals surface area contributed by atoms with Crippen molar-refractivity contribution in [2.24, 2.45) is 11.8 Å². The zero-order valence-corrected chi connectivity index (χ0v) is 10.2. The molecule has 1 aromatic carbocycles. The standard InChI is InChI=1S/C13H20N2O/c1-9-7-15(8-10(9)2)13-5-4-11(16-3)6-12(13)14/h4-6,9-10H,7-8,14H2,1-3H3. The molecule has 3 nitrogen and oxygen atoms in total. The number of benzene rings is 1. The molecule has 1 fully saturated rings. The van der Waals surface area contributed by atoms with Crippen molar-refractivity contribution in [3.8, 4) is 5.75 Å². The molecule has 2 rings (SSSR count). The topological polar surface area (TPSA) is 38.5 Å².